The summed E-state index contributed by atoms with van der Waals surface area (Å²) < 4.78 is 12.0. The van der Waals surface area contributed by atoms with Crippen LogP contribution in [-0.4, -0.2) is 24.1 Å². The number of hydrogen-bond donors (Lipinski definition) is 0. The van der Waals surface area contributed by atoms with Crippen LogP contribution in [0.15, 0.2) is 103 Å². The molecular weight excluding hydrogens is 408 g/mol. The normalized spacial score (nSPS) is 13.7. The first-order chi connectivity index (χ1) is 16.2. The predicted molar refractivity (Wildman–Crippen MR) is 129 cm³/mol. The Balaban J connectivity index is 1.10. The standard InChI is InChI=1S/C29H24N2O2/c30-18-23-5-4-6-25(17-23)24-11-15-28(16-12-24)33-29-20-31(21-29)19-22-9-13-27(14-10-22)32-26-7-2-1-3-8-26/h1-17,29H,19-21H2. The molecule has 4 heteroatoms. The summed E-state index contributed by atoms with van der Waals surface area (Å²) in [6, 6.07) is 36.0. The number of likely N-dealkylation sites (tertiary alicyclic amines) is 1. The van der Waals surface area contributed by atoms with Crippen molar-refractivity contribution >= 4 is 0 Å². The number of rotatable bonds is 7. The Bertz CT molecular complexity index is 1240. The Morgan fingerprint density at radius 2 is 1.42 bits per heavy atom. The van der Waals surface area contributed by atoms with E-state index in [0.29, 0.717) is 5.56 Å². The second kappa shape index (κ2) is 9.60. The second-order valence-electron chi connectivity index (χ2n) is 8.21. The highest BCUT2D eigenvalue weighted by Crippen LogP contribution is 2.26. The Kier molecular flexibility index (Phi) is 6.06. The maximum atomic E-state index is 9.09. The van der Waals surface area contributed by atoms with Crippen LogP contribution in [0.3, 0.4) is 0 Å². The van der Waals surface area contributed by atoms with Gasteiger partial charge in [0.15, 0.2) is 0 Å². The number of ether oxygens (including phenoxy) is 2. The molecule has 0 atom stereocenters. The van der Waals surface area contributed by atoms with Crippen LogP contribution in [0.25, 0.3) is 11.1 Å². The van der Waals surface area contributed by atoms with Crippen LogP contribution in [-0.2, 0) is 6.54 Å². The van der Waals surface area contributed by atoms with Gasteiger partial charge in [-0.25, -0.2) is 0 Å². The molecule has 0 radical (unpaired) electrons. The first-order valence-corrected chi connectivity index (χ1v) is 11.1. The van der Waals surface area contributed by atoms with Gasteiger partial charge in [0.1, 0.15) is 23.4 Å². The van der Waals surface area contributed by atoms with Crippen LogP contribution in [0.2, 0.25) is 0 Å². The molecular formula is C29H24N2O2. The van der Waals surface area contributed by atoms with Crippen molar-refractivity contribution < 1.29 is 9.47 Å². The summed E-state index contributed by atoms with van der Waals surface area (Å²) in [6.45, 7) is 2.72. The van der Waals surface area contributed by atoms with Crippen molar-refractivity contribution in [2.24, 2.45) is 0 Å². The van der Waals surface area contributed by atoms with Crippen molar-refractivity contribution in [3.05, 3.63) is 114 Å². The van der Waals surface area contributed by atoms with Gasteiger partial charge >= 0.3 is 0 Å². The van der Waals surface area contributed by atoms with Crippen molar-refractivity contribution in [2.45, 2.75) is 12.6 Å². The fourth-order valence-electron chi connectivity index (χ4n) is 3.96. The van der Waals surface area contributed by atoms with Crippen LogP contribution in [0.1, 0.15) is 11.1 Å². The van der Waals surface area contributed by atoms with E-state index < -0.39 is 0 Å². The Hall–Kier alpha value is -4.07. The van der Waals surface area contributed by atoms with Gasteiger partial charge in [-0.15, -0.1) is 0 Å². The summed E-state index contributed by atoms with van der Waals surface area (Å²) in [5, 5.41) is 9.09. The lowest BCUT2D eigenvalue weighted by Crippen LogP contribution is -2.53. The highest BCUT2D eigenvalue weighted by Gasteiger charge is 2.28. The highest BCUT2D eigenvalue weighted by molar-refractivity contribution is 5.65. The Morgan fingerprint density at radius 3 is 2.15 bits per heavy atom. The first-order valence-electron chi connectivity index (χ1n) is 11.1. The number of nitrogens with zero attached hydrogens (tertiary/aromatic N) is 2. The molecule has 5 rings (SSSR count). The van der Waals surface area contributed by atoms with E-state index >= 15 is 0 Å². The fraction of sp³-hybridized carbons (Fsp3) is 0.138. The van der Waals surface area contributed by atoms with Gasteiger partial charge in [0, 0.05) is 19.6 Å². The van der Waals surface area contributed by atoms with Gasteiger partial charge in [-0.2, -0.15) is 5.26 Å². The molecule has 1 aliphatic rings. The minimum atomic E-state index is 0.207. The lowest BCUT2D eigenvalue weighted by molar-refractivity contribution is 0.0146. The average molecular weight is 433 g/mol. The van der Waals surface area contributed by atoms with E-state index in [4.69, 9.17) is 14.7 Å². The topological polar surface area (TPSA) is 45.5 Å². The van der Waals surface area contributed by atoms with Gasteiger partial charge in [0.2, 0.25) is 0 Å². The molecule has 0 unspecified atom stereocenters. The molecule has 1 heterocycles. The van der Waals surface area contributed by atoms with Gasteiger partial charge in [-0.3, -0.25) is 4.90 Å². The van der Waals surface area contributed by atoms with Crippen LogP contribution in [0.4, 0.5) is 0 Å². The monoisotopic (exact) mass is 432 g/mol. The van der Waals surface area contributed by atoms with Gasteiger partial charge < -0.3 is 9.47 Å². The number of hydrogen-bond acceptors (Lipinski definition) is 4. The molecule has 162 valence electrons. The molecule has 0 spiro atoms. The van der Waals surface area contributed by atoms with Crippen molar-refractivity contribution in [1.29, 1.82) is 5.26 Å². The van der Waals surface area contributed by atoms with Gasteiger partial charge in [0.25, 0.3) is 0 Å². The molecule has 33 heavy (non-hydrogen) atoms. The predicted octanol–water partition coefficient (Wildman–Crippen LogP) is 6.28. The molecule has 0 bridgehead atoms. The van der Waals surface area contributed by atoms with Crippen LogP contribution < -0.4 is 9.47 Å². The zero-order valence-electron chi connectivity index (χ0n) is 18.2. The van der Waals surface area contributed by atoms with Crippen molar-refractivity contribution in [3.8, 4) is 34.4 Å². The van der Waals surface area contributed by atoms with Crippen LogP contribution >= 0.6 is 0 Å². The van der Waals surface area contributed by atoms with E-state index in [2.05, 4.69) is 23.1 Å². The molecule has 0 saturated carbocycles. The summed E-state index contributed by atoms with van der Waals surface area (Å²) in [5.41, 5.74) is 4.04. The molecule has 0 N–H and O–H groups in total. The zero-order chi connectivity index (χ0) is 22.5. The number of benzene rings is 4. The third kappa shape index (κ3) is 5.23. The Labute approximate surface area is 194 Å². The van der Waals surface area contributed by atoms with Crippen molar-refractivity contribution in [1.82, 2.24) is 4.90 Å². The highest BCUT2D eigenvalue weighted by atomic mass is 16.5. The van der Waals surface area contributed by atoms with Crippen molar-refractivity contribution in [2.75, 3.05) is 13.1 Å². The molecule has 4 aromatic rings. The lowest BCUT2D eigenvalue weighted by atomic mass is 10.0. The zero-order valence-corrected chi connectivity index (χ0v) is 18.2. The Morgan fingerprint density at radius 1 is 0.727 bits per heavy atom. The first kappa shape index (κ1) is 20.8. The van der Waals surface area contributed by atoms with Gasteiger partial charge in [-0.05, 0) is 65.2 Å². The maximum absolute atomic E-state index is 9.09. The third-order valence-corrected chi connectivity index (χ3v) is 5.71. The summed E-state index contributed by atoms with van der Waals surface area (Å²) in [5.74, 6) is 2.57. The fourth-order valence-corrected chi connectivity index (χ4v) is 3.96. The molecule has 1 aliphatic heterocycles. The number of para-hydroxylation sites is 1. The lowest BCUT2D eigenvalue weighted by Gasteiger charge is -2.39. The molecule has 0 amide bonds. The van der Waals surface area contributed by atoms with E-state index in [-0.39, 0.29) is 6.10 Å². The van der Waals surface area contributed by atoms with Crippen LogP contribution in [0, 0.1) is 11.3 Å². The largest absolute Gasteiger partial charge is 0.488 e. The average Bonchev–Trinajstić information content (AvgIpc) is 2.85. The minimum absolute atomic E-state index is 0.207. The molecule has 4 nitrogen and oxygen atoms in total. The van der Waals surface area contributed by atoms with Crippen molar-refractivity contribution in [3.63, 3.8) is 0 Å². The van der Waals surface area contributed by atoms with E-state index in [1.807, 2.05) is 91.0 Å². The summed E-state index contributed by atoms with van der Waals surface area (Å²) >= 11 is 0. The molecule has 0 aromatic heterocycles. The van der Waals surface area contributed by atoms with E-state index in [1.54, 1.807) is 0 Å². The second-order valence-corrected chi connectivity index (χ2v) is 8.21. The summed E-state index contributed by atoms with van der Waals surface area (Å²) in [4.78, 5) is 2.37. The smallest absolute Gasteiger partial charge is 0.127 e. The SMILES string of the molecule is N#Cc1cccc(-c2ccc(OC3CN(Cc4ccc(Oc5ccccc5)cc4)C3)cc2)c1. The van der Waals surface area contributed by atoms with Crippen LogP contribution in [0.5, 0.6) is 17.2 Å². The van der Waals surface area contributed by atoms with E-state index in [1.165, 1.54) is 5.56 Å². The summed E-state index contributed by atoms with van der Waals surface area (Å²) in [7, 11) is 0. The molecule has 4 aromatic carbocycles. The maximum Gasteiger partial charge on any atom is 0.127 e. The van der Waals surface area contributed by atoms with Gasteiger partial charge in [-0.1, -0.05) is 54.6 Å². The minimum Gasteiger partial charge on any atom is -0.488 e. The van der Waals surface area contributed by atoms with E-state index in [9.17, 15) is 0 Å². The third-order valence-electron chi connectivity index (χ3n) is 5.71. The number of nitriles is 1. The molecule has 0 aliphatic carbocycles. The summed E-state index contributed by atoms with van der Waals surface area (Å²) in [6.07, 6.45) is 0.207. The van der Waals surface area contributed by atoms with E-state index in [0.717, 1.165) is 48.0 Å². The molecule has 1 saturated heterocycles. The quantitative estimate of drug-likeness (QED) is 0.345. The van der Waals surface area contributed by atoms with Gasteiger partial charge in [0.05, 0.1) is 11.6 Å². The molecule has 1 fully saturated rings.